The van der Waals surface area contributed by atoms with Crippen molar-refractivity contribution in [1.82, 2.24) is 4.90 Å². The highest BCUT2D eigenvalue weighted by molar-refractivity contribution is 5.96. The summed E-state index contributed by atoms with van der Waals surface area (Å²) < 4.78 is 5.31. The second-order valence-electron chi connectivity index (χ2n) is 9.14. The fourth-order valence-corrected chi connectivity index (χ4v) is 4.25. The third-order valence-electron chi connectivity index (χ3n) is 6.70. The Morgan fingerprint density at radius 2 is 1.94 bits per heavy atom. The number of rotatable bonds is 5. The van der Waals surface area contributed by atoms with Gasteiger partial charge in [0.1, 0.15) is 5.60 Å². The molecule has 0 bridgehead atoms. The van der Waals surface area contributed by atoms with Crippen LogP contribution >= 0.6 is 0 Å². The maximum Gasteiger partial charge on any atom is 0.253 e. The molecule has 2 aromatic rings. The zero-order valence-electron chi connectivity index (χ0n) is 19.6. The molecule has 2 fully saturated rings. The SMILES string of the molecule is C/C(N=CC1(O)CCOCC1)=C(/N)c1cc(C(=O)N2CC(c3ccc(C#N)cc3)C2)ccc1C.[HH].[HH]. The van der Waals surface area contributed by atoms with Gasteiger partial charge in [0.05, 0.1) is 23.0 Å². The fourth-order valence-electron chi connectivity index (χ4n) is 4.25. The van der Waals surface area contributed by atoms with Gasteiger partial charge in [-0.05, 0) is 49.2 Å². The Morgan fingerprint density at radius 3 is 2.59 bits per heavy atom. The number of nitrogens with zero attached hydrogens (tertiary/aromatic N) is 3. The topological polar surface area (TPSA) is 112 Å². The summed E-state index contributed by atoms with van der Waals surface area (Å²) in [6.45, 7) is 6.05. The van der Waals surface area contributed by atoms with Crippen LogP contribution in [0.5, 0.6) is 0 Å². The predicted octanol–water partition coefficient (Wildman–Crippen LogP) is 3.86. The number of carbonyl (C=O) groups excluding carboxylic acids is 1. The Morgan fingerprint density at radius 1 is 1.26 bits per heavy atom. The van der Waals surface area contributed by atoms with Crippen LogP contribution in [0.2, 0.25) is 0 Å². The molecule has 7 nitrogen and oxygen atoms in total. The van der Waals surface area contributed by atoms with E-state index in [9.17, 15) is 9.90 Å². The molecule has 0 saturated carbocycles. The number of ether oxygens (including phenoxy) is 1. The lowest BCUT2D eigenvalue weighted by molar-refractivity contribution is -0.0171. The van der Waals surface area contributed by atoms with E-state index in [4.69, 9.17) is 15.7 Å². The van der Waals surface area contributed by atoms with Crippen molar-refractivity contribution in [1.29, 1.82) is 5.26 Å². The van der Waals surface area contributed by atoms with Crippen molar-refractivity contribution < 1.29 is 17.5 Å². The van der Waals surface area contributed by atoms with E-state index in [1.807, 2.05) is 54.3 Å². The first-order chi connectivity index (χ1) is 16.3. The number of nitrogens with two attached hydrogens (primary N) is 1. The van der Waals surface area contributed by atoms with Gasteiger partial charge in [0, 0.05) is 65.3 Å². The molecule has 0 radical (unpaired) electrons. The largest absolute Gasteiger partial charge is 0.397 e. The van der Waals surface area contributed by atoms with Crippen LogP contribution in [0.4, 0.5) is 0 Å². The van der Waals surface area contributed by atoms with Gasteiger partial charge in [0.2, 0.25) is 0 Å². The minimum Gasteiger partial charge on any atom is -0.397 e. The lowest BCUT2D eigenvalue weighted by atomic mass is 9.90. The van der Waals surface area contributed by atoms with Crippen LogP contribution in [0.1, 0.15) is 61.1 Å². The maximum atomic E-state index is 13.1. The molecule has 2 aliphatic rings. The fraction of sp³-hybridized carbons (Fsp3) is 0.370. The molecular weight excluding hydrogens is 428 g/mol. The number of aliphatic hydroxyl groups is 1. The highest BCUT2D eigenvalue weighted by Crippen LogP contribution is 2.29. The normalized spacial score (nSPS) is 18.8. The summed E-state index contributed by atoms with van der Waals surface area (Å²) >= 11 is 0. The van der Waals surface area contributed by atoms with Crippen molar-refractivity contribution in [2.24, 2.45) is 10.7 Å². The summed E-state index contributed by atoms with van der Waals surface area (Å²) in [4.78, 5) is 19.3. The molecule has 0 atom stereocenters. The first-order valence-electron chi connectivity index (χ1n) is 11.5. The van der Waals surface area contributed by atoms with Gasteiger partial charge in [-0.1, -0.05) is 18.2 Å². The molecule has 3 N–H and O–H groups in total. The molecule has 2 aromatic carbocycles. The van der Waals surface area contributed by atoms with Crippen LogP contribution in [0.3, 0.4) is 0 Å². The predicted molar refractivity (Wildman–Crippen MR) is 135 cm³/mol. The minimum absolute atomic E-state index is 0. The van der Waals surface area contributed by atoms with Gasteiger partial charge in [-0.25, -0.2) is 0 Å². The number of nitriles is 1. The van der Waals surface area contributed by atoms with E-state index >= 15 is 0 Å². The quantitative estimate of drug-likeness (QED) is 0.656. The van der Waals surface area contributed by atoms with E-state index < -0.39 is 5.60 Å². The Bertz CT molecular complexity index is 1180. The van der Waals surface area contributed by atoms with Gasteiger partial charge in [0.25, 0.3) is 5.91 Å². The van der Waals surface area contributed by atoms with Crippen LogP contribution in [0, 0.1) is 18.3 Å². The standard InChI is InChI=1S/C27H30N4O3.2H2/c1-18-3-6-22(26(32)31-15-23(16-31)21-7-4-20(14-28)5-8-21)13-24(18)25(29)19(2)30-17-27(33)9-11-34-12-10-27;;/h3-8,13,17,23,33H,9-12,15-16,29H2,1-2H3;2*1H/b25-19-,30-17?;;. The summed E-state index contributed by atoms with van der Waals surface area (Å²) in [6, 6.07) is 15.2. The molecule has 7 heteroatoms. The summed E-state index contributed by atoms with van der Waals surface area (Å²) in [5.41, 5.74) is 10.6. The number of hydrogen-bond acceptors (Lipinski definition) is 6. The molecule has 0 aromatic heterocycles. The number of hydrogen-bond donors (Lipinski definition) is 2. The van der Waals surface area contributed by atoms with Crippen LogP contribution in [-0.4, -0.2) is 54.0 Å². The van der Waals surface area contributed by atoms with E-state index in [0.29, 0.717) is 61.7 Å². The van der Waals surface area contributed by atoms with E-state index in [-0.39, 0.29) is 14.7 Å². The second kappa shape index (κ2) is 9.80. The van der Waals surface area contributed by atoms with Crippen LogP contribution in [-0.2, 0) is 4.74 Å². The number of carbonyl (C=O) groups is 1. The minimum atomic E-state index is -0.977. The van der Waals surface area contributed by atoms with E-state index in [1.165, 1.54) is 0 Å². The molecule has 1 amide bonds. The van der Waals surface area contributed by atoms with E-state index in [2.05, 4.69) is 11.1 Å². The maximum absolute atomic E-state index is 13.1. The van der Waals surface area contributed by atoms with Crippen LogP contribution in [0.25, 0.3) is 5.70 Å². The number of aliphatic imine (C=N–C) groups is 1. The number of allylic oxidation sites excluding steroid dienone is 1. The van der Waals surface area contributed by atoms with Crippen molar-refractivity contribution >= 4 is 17.8 Å². The first-order valence-corrected chi connectivity index (χ1v) is 11.5. The molecule has 2 saturated heterocycles. The molecular formula is C27H34N4O3. The Labute approximate surface area is 203 Å². The zero-order valence-corrected chi connectivity index (χ0v) is 19.6. The van der Waals surface area contributed by atoms with Crippen molar-refractivity contribution in [3.63, 3.8) is 0 Å². The average Bonchev–Trinajstić information content (AvgIpc) is 2.82. The average molecular weight is 463 g/mol. The number of likely N-dealkylation sites (tertiary alicyclic amines) is 1. The molecule has 0 unspecified atom stereocenters. The lowest BCUT2D eigenvalue weighted by Crippen LogP contribution is -2.48. The summed E-state index contributed by atoms with van der Waals surface area (Å²) in [7, 11) is 0. The van der Waals surface area contributed by atoms with Gasteiger partial charge < -0.3 is 20.5 Å². The highest BCUT2D eigenvalue weighted by Gasteiger charge is 2.32. The Kier molecular flexibility index (Phi) is 6.82. The van der Waals surface area contributed by atoms with Gasteiger partial charge in [-0.2, -0.15) is 5.26 Å². The van der Waals surface area contributed by atoms with Gasteiger partial charge in [-0.3, -0.25) is 9.79 Å². The Hall–Kier alpha value is -3.47. The van der Waals surface area contributed by atoms with Gasteiger partial charge >= 0.3 is 0 Å². The molecule has 34 heavy (non-hydrogen) atoms. The molecule has 4 rings (SSSR count). The molecule has 2 heterocycles. The second-order valence-corrected chi connectivity index (χ2v) is 9.14. The summed E-state index contributed by atoms with van der Waals surface area (Å²) in [6.07, 6.45) is 2.57. The Balaban J connectivity index is 0.00000228. The molecule has 0 spiro atoms. The van der Waals surface area contributed by atoms with Gasteiger partial charge in [-0.15, -0.1) is 0 Å². The lowest BCUT2D eigenvalue weighted by Gasteiger charge is -2.39. The monoisotopic (exact) mass is 462 g/mol. The smallest absolute Gasteiger partial charge is 0.253 e. The highest BCUT2D eigenvalue weighted by atomic mass is 16.5. The van der Waals surface area contributed by atoms with E-state index in [0.717, 1.165) is 16.7 Å². The van der Waals surface area contributed by atoms with Gasteiger partial charge in [0.15, 0.2) is 0 Å². The third-order valence-corrected chi connectivity index (χ3v) is 6.70. The number of aryl methyl sites for hydroxylation is 1. The number of amides is 1. The van der Waals surface area contributed by atoms with Crippen LogP contribution < -0.4 is 5.73 Å². The van der Waals surface area contributed by atoms with Crippen molar-refractivity contribution in [3.8, 4) is 6.07 Å². The number of benzene rings is 2. The third kappa shape index (κ3) is 5.04. The van der Waals surface area contributed by atoms with Crippen LogP contribution in [0.15, 0.2) is 53.2 Å². The zero-order chi connectivity index (χ0) is 24.3. The van der Waals surface area contributed by atoms with Crippen molar-refractivity contribution in [2.45, 2.75) is 38.2 Å². The molecule has 0 aliphatic carbocycles. The van der Waals surface area contributed by atoms with E-state index in [1.54, 1.807) is 13.1 Å². The summed E-state index contributed by atoms with van der Waals surface area (Å²) in [5, 5.41) is 19.6. The first kappa shape index (κ1) is 23.7. The molecule has 2 aliphatic heterocycles. The van der Waals surface area contributed by atoms with Crippen molar-refractivity contribution in [3.05, 3.63) is 76.0 Å². The van der Waals surface area contributed by atoms with Crippen molar-refractivity contribution in [2.75, 3.05) is 26.3 Å². The molecule has 180 valence electrons. The summed E-state index contributed by atoms with van der Waals surface area (Å²) in [5.74, 6) is 0.246.